The zero-order valence-corrected chi connectivity index (χ0v) is 10.3. The van der Waals surface area contributed by atoms with Crippen molar-refractivity contribution in [3.05, 3.63) is 0 Å². The molecule has 0 amide bonds. The van der Waals surface area contributed by atoms with Crippen molar-refractivity contribution in [1.82, 2.24) is 0 Å². The Labute approximate surface area is 93.6 Å². The third-order valence-electron chi connectivity index (χ3n) is 0. The largest absolute Gasteiger partial charge is 0 e. The van der Waals surface area contributed by atoms with Crippen LogP contribution in [0.5, 0.6) is 0 Å². The van der Waals surface area contributed by atoms with Crippen LogP contribution in [0, 0.1) is 0 Å². The zero-order chi connectivity index (χ0) is 0. The van der Waals surface area contributed by atoms with E-state index in [-0.39, 0.29) is 95.5 Å². The Hall–Kier alpha value is 3.19. The van der Waals surface area contributed by atoms with E-state index >= 15 is 0 Å². The first-order chi connectivity index (χ1) is 0. The van der Waals surface area contributed by atoms with Crippen molar-refractivity contribution in [1.29, 1.82) is 0 Å². The van der Waals surface area contributed by atoms with Gasteiger partial charge in [-0.3, -0.25) is 0 Å². The SMILES string of the molecule is [MgH2].[Nb].[SnH2].[Zr]. The molecular formula is H4MgNbSnZr. The molecule has 0 atom stereocenters. The molecule has 0 aliphatic heterocycles. The van der Waals surface area contributed by atoms with Crippen LogP contribution in [0.25, 0.3) is 0 Å². The first-order valence-electron chi connectivity index (χ1n) is 0. The Morgan fingerprint density at radius 3 is 1.00 bits per heavy atom. The van der Waals surface area contributed by atoms with Crippen LogP contribution in [0.4, 0.5) is 0 Å². The first-order valence-corrected chi connectivity index (χ1v) is 0. The topological polar surface area (TPSA) is 0 Å². The predicted octanol–water partition coefficient (Wildman–Crippen LogP) is -1.84. The van der Waals surface area contributed by atoms with Gasteiger partial charge < -0.3 is 0 Å². The van der Waals surface area contributed by atoms with Gasteiger partial charge in [0, 0.05) is 48.6 Å². The maximum atomic E-state index is 0. The summed E-state index contributed by atoms with van der Waals surface area (Å²) in [6, 6.07) is 0. The van der Waals surface area contributed by atoms with Crippen molar-refractivity contribution in [3.8, 4) is 0 Å². The summed E-state index contributed by atoms with van der Waals surface area (Å²) < 4.78 is 0. The zero-order valence-electron chi connectivity index (χ0n) is 1.65. The molecule has 0 aliphatic rings. The summed E-state index contributed by atoms with van der Waals surface area (Å²) in [5.41, 5.74) is 0. The molecule has 0 spiro atoms. The Balaban J connectivity index is 0. The van der Waals surface area contributed by atoms with Gasteiger partial charge in [0.15, 0.2) is 0 Å². The fourth-order valence-corrected chi connectivity index (χ4v) is 0. The molecule has 0 aromatic carbocycles. The van der Waals surface area contributed by atoms with Gasteiger partial charge in [0.25, 0.3) is 0 Å². The van der Waals surface area contributed by atoms with E-state index < -0.39 is 0 Å². The van der Waals surface area contributed by atoms with Crippen LogP contribution in [0.1, 0.15) is 0 Å². The molecular weight excluding hydrogens is 327 g/mol. The van der Waals surface area contributed by atoms with E-state index in [4.69, 9.17) is 0 Å². The van der Waals surface area contributed by atoms with Gasteiger partial charge in [-0.2, -0.15) is 0 Å². The normalized spacial score (nSPS) is 0. The minimum Gasteiger partial charge on any atom is 0 e. The fourth-order valence-electron chi connectivity index (χ4n) is 0. The van der Waals surface area contributed by atoms with Gasteiger partial charge in [-0.05, 0) is 0 Å². The quantitative estimate of drug-likeness (QED) is 0.458. The predicted molar refractivity (Wildman–Crippen MR) is 17.1 cm³/mol. The monoisotopic (exact) mass is 331 g/mol. The average Bonchev–Trinajstić information content (AvgIpc) is 0. The summed E-state index contributed by atoms with van der Waals surface area (Å²) in [7, 11) is 0. The maximum Gasteiger partial charge on any atom is 0 e. The molecule has 0 fully saturated rings. The van der Waals surface area contributed by atoms with E-state index in [1.165, 1.54) is 0 Å². The molecule has 4 heavy (non-hydrogen) atoms. The number of hydrogen-bond donors (Lipinski definition) is 0. The molecule has 0 aromatic rings. The van der Waals surface area contributed by atoms with Gasteiger partial charge in [0.1, 0.15) is 0 Å². The Kier molecular flexibility index (Phi) is 111. The van der Waals surface area contributed by atoms with E-state index in [0.29, 0.717) is 0 Å². The van der Waals surface area contributed by atoms with Crippen molar-refractivity contribution in [2.75, 3.05) is 0 Å². The summed E-state index contributed by atoms with van der Waals surface area (Å²) in [4.78, 5) is 0. The molecule has 4 heteroatoms. The Morgan fingerprint density at radius 2 is 1.00 bits per heavy atom. The van der Waals surface area contributed by atoms with Crippen LogP contribution in [-0.4, -0.2) is 47.0 Å². The maximum absolute atomic E-state index is 0. The molecule has 0 nitrogen and oxygen atoms in total. The van der Waals surface area contributed by atoms with Gasteiger partial charge >= 0.3 is 47.0 Å². The number of rotatable bonds is 0. The molecule has 0 saturated carbocycles. The summed E-state index contributed by atoms with van der Waals surface area (Å²) in [6.45, 7) is 0. The van der Waals surface area contributed by atoms with E-state index in [9.17, 15) is 0 Å². The molecule has 3 radical (unpaired) electrons. The molecule has 0 unspecified atom stereocenters. The van der Waals surface area contributed by atoms with Crippen LogP contribution >= 0.6 is 0 Å². The standard InChI is InChI=1S/Mg.Nb.Sn.Zr.4H. The third kappa shape index (κ3) is 8.95. The minimum atomic E-state index is 0. The molecule has 0 bridgehead atoms. The average molecular weight is 331 g/mol. The van der Waals surface area contributed by atoms with Gasteiger partial charge in [-0.25, -0.2) is 0 Å². The van der Waals surface area contributed by atoms with Gasteiger partial charge in [0.05, 0.1) is 0 Å². The molecule has 0 heterocycles. The van der Waals surface area contributed by atoms with E-state index in [1.54, 1.807) is 0 Å². The Morgan fingerprint density at radius 1 is 1.00 bits per heavy atom. The molecule has 0 rings (SSSR count). The van der Waals surface area contributed by atoms with Gasteiger partial charge in [0.2, 0.25) is 0 Å². The summed E-state index contributed by atoms with van der Waals surface area (Å²) in [6.07, 6.45) is 0. The summed E-state index contributed by atoms with van der Waals surface area (Å²) >= 11 is 0. The second-order valence-corrected chi connectivity index (χ2v) is 0. The van der Waals surface area contributed by atoms with E-state index in [0.717, 1.165) is 0 Å². The van der Waals surface area contributed by atoms with Crippen molar-refractivity contribution in [3.63, 3.8) is 0 Å². The van der Waals surface area contributed by atoms with Crippen molar-refractivity contribution >= 4 is 47.0 Å². The van der Waals surface area contributed by atoms with E-state index in [2.05, 4.69) is 0 Å². The molecule has 0 N–H and O–H groups in total. The minimum absolute atomic E-state index is 0. The van der Waals surface area contributed by atoms with Gasteiger partial charge in [-0.15, -0.1) is 0 Å². The number of hydrogen-bond acceptors (Lipinski definition) is 0. The fraction of sp³-hybridized carbons (Fsp3) is 0. The van der Waals surface area contributed by atoms with Crippen molar-refractivity contribution < 1.29 is 48.6 Å². The molecule has 0 aromatic heterocycles. The molecule has 19 valence electrons. The van der Waals surface area contributed by atoms with Crippen LogP contribution in [0.3, 0.4) is 0 Å². The van der Waals surface area contributed by atoms with Crippen molar-refractivity contribution in [2.24, 2.45) is 0 Å². The smallest absolute Gasteiger partial charge is 0 e. The Bertz CT molecular complexity index is 8.00. The van der Waals surface area contributed by atoms with E-state index in [1.807, 2.05) is 0 Å². The second kappa shape index (κ2) is 16.4. The first kappa shape index (κ1) is 27.1. The summed E-state index contributed by atoms with van der Waals surface area (Å²) in [5, 5.41) is 0. The molecule has 0 saturated heterocycles. The van der Waals surface area contributed by atoms with Gasteiger partial charge in [-0.1, -0.05) is 0 Å². The second-order valence-electron chi connectivity index (χ2n) is 0. The van der Waals surface area contributed by atoms with Crippen LogP contribution < -0.4 is 0 Å². The van der Waals surface area contributed by atoms with Crippen LogP contribution in [-0.2, 0) is 48.6 Å². The summed E-state index contributed by atoms with van der Waals surface area (Å²) in [5.74, 6) is 0. The third-order valence-corrected chi connectivity index (χ3v) is 0. The van der Waals surface area contributed by atoms with Crippen LogP contribution in [0.15, 0.2) is 0 Å². The van der Waals surface area contributed by atoms with Crippen molar-refractivity contribution in [2.45, 2.75) is 0 Å². The van der Waals surface area contributed by atoms with Crippen LogP contribution in [0.2, 0.25) is 0 Å². The molecule has 0 aliphatic carbocycles.